The van der Waals surface area contributed by atoms with Crippen LogP contribution in [0.5, 0.6) is 0 Å². The Morgan fingerprint density at radius 3 is 2.58 bits per heavy atom. The lowest BCUT2D eigenvalue weighted by Crippen LogP contribution is -2.31. The third-order valence-corrected chi connectivity index (χ3v) is 6.48. The van der Waals surface area contributed by atoms with Crippen LogP contribution >= 0.6 is 23.4 Å². The van der Waals surface area contributed by atoms with Crippen LogP contribution in [0.3, 0.4) is 0 Å². The van der Waals surface area contributed by atoms with Gasteiger partial charge in [-0.15, -0.1) is 10.2 Å². The van der Waals surface area contributed by atoms with E-state index in [1.54, 1.807) is 4.90 Å². The highest BCUT2D eigenvalue weighted by molar-refractivity contribution is 7.99. The van der Waals surface area contributed by atoms with Crippen LogP contribution in [0.15, 0.2) is 59.8 Å². The summed E-state index contributed by atoms with van der Waals surface area (Å²) < 4.78 is 2.07. The number of anilines is 1. The minimum absolute atomic E-state index is 0.0344. The van der Waals surface area contributed by atoms with Crippen LogP contribution < -0.4 is 4.90 Å². The fraction of sp³-hybridized carbons (Fsp3) is 0.348. The van der Waals surface area contributed by atoms with Crippen LogP contribution in [0.1, 0.15) is 24.8 Å². The molecule has 3 aromatic rings. The van der Waals surface area contributed by atoms with Gasteiger partial charge in [0.2, 0.25) is 11.9 Å². The van der Waals surface area contributed by atoms with Crippen LogP contribution in [-0.4, -0.2) is 51.5 Å². The zero-order chi connectivity index (χ0) is 21.6. The number of amides is 1. The number of piperidine rings is 1. The molecule has 31 heavy (non-hydrogen) atoms. The van der Waals surface area contributed by atoms with Crippen LogP contribution in [0.2, 0.25) is 5.02 Å². The molecule has 2 aromatic carbocycles. The molecule has 0 saturated carbocycles. The number of hydrogen-bond donors (Lipinski definition) is 0. The molecule has 1 amide bonds. The number of rotatable bonds is 7. The molecule has 0 aliphatic carbocycles. The third kappa shape index (κ3) is 5.40. The van der Waals surface area contributed by atoms with E-state index in [1.165, 1.54) is 18.2 Å². The van der Waals surface area contributed by atoms with Gasteiger partial charge in [-0.05, 0) is 49.1 Å². The van der Waals surface area contributed by atoms with Gasteiger partial charge in [0.1, 0.15) is 0 Å². The molecular weight excluding hydrogens is 430 g/mol. The molecule has 8 heteroatoms. The van der Waals surface area contributed by atoms with Crippen molar-refractivity contribution in [2.45, 2.75) is 31.0 Å². The van der Waals surface area contributed by atoms with Crippen molar-refractivity contribution in [3.05, 3.63) is 65.2 Å². The molecule has 0 bridgehead atoms. The maximum absolute atomic E-state index is 12.8. The minimum Gasteiger partial charge on any atom is -0.341 e. The summed E-state index contributed by atoms with van der Waals surface area (Å²) in [6.45, 7) is 2.48. The van der Waals surface area contributed by atoms with Gasteiger partial charge in [-0.3, -0.25) is 9.36 Å². The number of carbonyl (C=O) groups is 1. The van der Waals surface area contributed by atoms with Crippen molar-refractivity contribution in [1.82, 2.24) is 19.7 Å². The van der Waals surface area contributed by atoms with Crippen LogP contribution in [0, 0.1) is 0 Å². The molecule has 1 aliphatic rings. The Kier molecular flexibility index (Phi) is 7.14. The fourth-order valence-corrected chi connectivity index (χ4v) is 4.79. The van der Waals surface area contributed by atoms with E-state index in [0.717, 1.165) is 48.3 Å². The van der Waals surface area contributed by atoms with Gasteiger partial charge in [0.05, 0.1) is 11.4 Å². The number of para-hydroxylation sites is 1. The molecule has 1 aliphatic heterocycles. The quantitative estimate of drug-likeness (QED) is 0.485. The lowest BCUT2D eigenvalue weighted by molar-refractivity contribution is -0.127. The average molecular weight is 456 g/mol. The standard InChI is InChI=1S/C23H26ClN5OS/c1-27(16-18-9-8-10-19(24)15-18)21(30)17-31-23-26-25-22(28-13-6-3-7-14-28)29(23)20-11-4-2-5-12-20/h2,4-5,8-12,15H,3,6-7,13-14,16-17H2,1H3. The van der Waals surface area contributed by atoms with Crippen molar-refractivity contribution in [2.75, 3.05) is 30.8 Å². The van der Waals surface area contributed by atoms with Crippen LogP contribution in [0.25, 0.3) is 5.69 Å². The molecule has 0 spiro atoms. The Hall–Kier alpha value is -2.51. The Balaban J connectivity index is 1.49. The number of halogens is 1. The summed E-state index contributed by atoms with van der Waals surface area (Å²) in [4.78, 5) is 16.8. The molecule has 0 N–H and O–H groups in total. The van der Waals surface area contributed by atoms with Gasteiger partial charge >= 0.3 is 0 Å². The van der Waals surface area contributed by atoms with Crippen molar-refractivity contribution in [3.63, 3.8) is 0 Å². The van der Waals surface area contributed by atoms with Crippen molar-refractivity contribution >= 4 is 35.2 Å². The smallest absolute Gasteiger partial charge is 0.233 e. The number of aromatic nitrogens is 3. The summed E-state index contributed by atoms with van der Waals surface area (Å²) in [5.74, 6) is 1.18. The fourth-order valence-electron chi connectivity index (χ4n) is 3.69. The highest BCUT2D eigenvalue weighted by Gasteiger charge is 2.22. The van der Waals surface area contributed by atoms with Crippen molar-refractivity contribution in [2.24, 2.45) is 0 Å². The summed E-state index contributed by atoms with van der Waals surface area (Å²) in [5.41, 5.74) is 2.02. The summed E-state index contributed by atoms with van der Waals surface area (Å²) >= 11 is 7.48. The molecule has 162 valence electrons. The highest BCUT2D eigenvalue weighted by Crippen LogP contribution is 2.28. The van der Waals surface area contributed by atoms with Crippen LogP contribution in [0.4, 0.5) is 5.95 Å². The van der Waals surface area contributed by atoms with Crippen molar-refractivity contribution in [1.29, 1.82) is 0 Å². The zero-order valence-corrected chi connectivity index (χ0v) is 19.1. The number of benzene rings is 2. The maximum Gasteiger partial charge on any atom is 0.233 e. The first-order valence-electron chi connectivity index (χ1n) is 10.5. The molecule has 0 radical (unpaired) electrons. The normalized spacial score (nSPS) is 13.9. The van der Waals surface area contributed by atoms with Crippen molar-refractivity contribution < 1.29 is 4.79 Å². The lowest BCUT2D eigenvalue weighted by Gasteiger charge is -2.27. The SMILES string of the molecule is CN(Cc1cccc(Cl)c1)C(=O)CSc1nnc(N2CCCCC2)n1-c1ccccc1. The Morgan fingerprint density at radius 1 is 1.06 bits per heavy atom. The molecule has 1 aromatic heterocycles. The van der Waals surface area contributed by atoms with E-state index in [1.807, 2.05) is 61.6 Å². The van der Waals surface area contributed by atoms with Gasteiger partial charge in [-0.2, -0.15) is 0 Å². The predicted octanol–water partition coefficient (Wildman–Crippen LogP) is 4.66. The summed E-state index contributed by atoms with van der Waals surface area (Å²) in [5, 5.41) is 10.3. The second kappa shape index (κ2) is 10.2. The van der Waals surface area contributed by atoms with Gasteiger partial charge in [0, 0.05) is 31.7 Å². The van der Waals surface area contributed by atoms with Crippen molar-refractivity contribution in [3.8, 4) is 5.69 Å². The molecule has 4 rings (SSSR count). The van der Waals surface area contributed by atoms with Gasteiger partial charge in [-0.25, -0.2) is 0 Å². The average Bonchev–Trinajstić information content (AvgIpc) is 3.22. The molecule has 0 atom stereocenters. The predicted molar refractivity (Wildman–Crippen MR) is 126 cm³/mol. The second-order valence-corrected chi connectivity index (χ2v) is 9.05. The minimum atomic E-state index is 0.0344. The molecule has 2 heterocycles. The molecule has 1 fully saturated rings. The topological polar surface area (TPSA) is 54.3 Å². The van der Waals surface area contributed by atoms with E-state index >= 15 is 0 Å². The largest absolute Gasteiger partial charge is 0.341 e. The number of nitrogens with zero attached hydrogens (tertiary/aromatic N) is 5. The van der Waals surface area contributed by atoms with Gasteiger partial charge < -0.3 is 9.80 Å². The van der Waals surface area contributed by atoms with E-state index in [4.69, 9.17) is 11.6 Å². The Labute approximate surface area is 192 Å². The molecular formula is C23H26ClN5OS. The highest BCUT2D eigenvalue weighted by atomic mass is 35.5. The number of hydrogen-bond acceptors (Lipinski definition) is 5. The monoisotopic (exact) mass is 455 g/mol. The third-order valence-electron chi connectivity index (χ3n) is 5.33. The Bertz CT molecular complexity index is 1020. The first kappa shape index (κ1) is 21.7. The number of thioether (sulfide) groups is 1. The van der Waals surface area contributed by atoms with Gasteiger partial charge in [0.25, 0.3) is 0 Å². The summed E-state index contributed by atoms with van der Waals surface area (Å²) in [6.07, 6.45) is 3.58. The Morgan fingerprint density at radius 2 is 1.84 bits per heavy atom. The van der Waals surface area contributed by atoms with Gasteiger partial charge in [-0.1, -0.05) is 53.7 Å². The van der Waals surface area contributed by atoms with Crippen LogP contribution in [-0.2, 0) is 11.3 Å². The summed E-state index contributed by atoms with van der Waals surface area (Å²) in [6, 6.07) is 17.7. The van der Waals surface area contributed by atoms with E-state index in [9.17, 15) is 4.79 Å². The lowest BCUT2D eigenvalue weighted by atomic mass is 10.1. The number of carbonyl (C=O) groups excluding carboxylic acids is 1. The van der Waals surface area contributed by atoms with E-state index in [-0.39, 0.29) is 5.91 Å². The first-order valence-corrected chi connectivity index (χ1v) is 11.8. The molecule has 0 unspecified atom stereocenters. The van der Waals surface area contributed by atoms with Gasteiger partial charge in [0.15, 0.2) is 5.16 Å². The van der Waals surface area contributed by atoms with E-state index < -0.39 is 0 Å². The second-order valence-electron chi connectivity index (χ2n) is 7.67. The summed E-state index contributed by atoms with van der Waals surface area (Å²) in [7, 11) is 1.81. The molecule has 1 saturated heterocycles. The van der Waals surface area contributed by atoms with E-state index in [2.05, 4.69) is 19.7 Å². The molecule has 6 nitrogen and oxygen atoms in total. The van der Waals surface area contributed by atoms with E-state index in [0.29, 0.717) is 17.3 Å². The zero-order valence-electron chi connectivity index (χ0n) is 17.6. The maximum atomic E-state index is 12.8. The first-order chi connectivity index (χ1) is 15.1.